The Morgan fingerprint density at radius 1 is 1.67 bits per heavy atom. The second-order valence-electron chi connectivity index (χ2n) is 1.16. The third-order valence-electron chi connectivity index (χ3n) is 0.224. The number of aliphatic hydroxyl groups is 1. The van der Waals surface area contributed by atoms with E-state index in [0.717, 1.165) is 13.5 Å². The predicted octanol–water partition coefficient (Wildman–Crippen LogP) is -0.543. The first kappa shape index (κ1) is 15.8. The molecule has 0 aromatic rings. The molecular formula is C4H13NO4. The van der Waals surface area contributed by atoms with Gasteiger partial charge in [0.1, 0.15) is 0 Å². The summed E-state index contributed by atoms with van der Waals surface area (Å²) < 4.78 is 0. The molecule has 0 aromatic heterocycles. The zero-order valence-corrected chi connectivity index (χ0v) is 5.63. The van der Waals surface area contributed by atoms with Crippen molar-refractivity contribution in [3.05, 3.63) is 10.1 Å². The molecule has 0 fully saturated rings. The summed E-state index contributed by atoms with van der Waals surface area (Å²) in [4.78, 5) is 8.31. The molecule has 0 heterocycles. The standard InChI is InChI=1S/C3H8O.CH3NO2.H2O/c1-2-3-4;1-2(3)4;/h4H,2-3H2,1H3;1H3;1H2. The predicted molar refractivity (Wildman–Crippen MR) is 33.9 cm³/mol. The van der Waals surface area contributed by atoms with Gasteiger partial charge in [0, 0.05) is 11.5 Å². The van der Waals surface area contributed by atoms with E-state index >= 15 is 0 Å². The maximum Gasteiger partial charge on any atom is 0.194 e. The first-order valence-electron chi connectivity index (χ1n) is 2.34. The minimum Gasteiger partial charge on any atom is -0.412 e. The number of nitro groups is 1. The molecule has 0 aromatic carbocycles. The third kappa shape index (κ3) is 2020. The van der Waals surface area contributed by atoms with Gasteiger partial charge in [0.15, 0.2) is 7.05 Å². The topological polar surface area (TPSA) is 94.9 Å². The van der Waals surface area contributed by atoms with Crippen LogP contribution in [0, 0.1) is 10.1 Å². The summed E-state index contributed by atoms with van der Waals surface area (Å²) in [5.41, 5.74) is 0. The highest BCUT2D eigenvalue weighted by Gasteiger charge is 1.57. The molecule has 0 spiro atoms. The van der Waals surface area contributed by atoms with Gasteiger partial charge in [-0.3, -0.25) is 10.1 Å². The Morgan fingerprint density at radius 2 is 1.78 bits per heavy atom. The maximum absolute atomic E-state index is 8.81. The Labute approximate surface area is 53.8 Å². The molecule has 0 aliphatic heterocycles. The van der Waals surface area contributed by atoms with Crippen molar-refractivity contribution in [1.82, 2.24) is 0 Å². The number of nitrogens with zero attached hydrogens (tertiary/aromatic N) is 1. The lowest BCUT2D eigenvalue weighted by atomic mass is 10.5. The SMILES string of the molecule is CCCO.C[N+](=O)[O-].O. The molecule has 0 bridgehead atoms. The van der Waals surface area contributed by atoms with E-state index in [0.29, 0.717) is 6.61 Å². The Balaban J connectivity index is -0.0000000720. The molecule has 0 saturated carbocycles. The molecule has 0 aliphatic carbocycles. The van der Waals surface area contributed by atoms with Gasteiger partial charge < -0.3 is 10.6 Å². The van der Waals surface area contributed by atoms with Crippen LogP contribution >= 0.6 is 0 Å². The summed E-state index contributed by atoms with van der Waals surface area (Å²) in [6.07, 6.45) is 0.875. The first-order chi connectivity index (χ1) is 3.65. The fourth-order valence-electron chi connectivity index (χ4n) is 0. The first-order valence-corrected chi connectivity index (χ1v) is 2.34. The lowest BCUT2D eigenvalue weighted by molar-refractivity contribution is -0.445. The Morgan fingerprint density at radius 3 is 1.78 bits per heavy atom. The van der Waals surface area contributed by atoms with Crippen molar-refractivity contribution in [2.24, 2.45) is 0 Å². The fraction of sp³-hybridized carbons (Fsp3) is 1.00. The quantitative estimate of drug-likeness (QED) is 0.390. The Bertz CT molecular complexity index is 50.5. The Kier molecular flexibility index (Phi) is 27.4. The van der Waals surface area contributed by atoms with Crippen LogP contribution in [0.5, 0.6) is 0 Å². The summed E-state index contributed by atoms with van der Waals surface area (Å²) in [6, 6.07) is 0. The maximum atomic E-state index is 8.81. The Hall–Kier alpha value is -0.680. The van der Waals surface area contributed by atoms with E-state index in [-0.39, 0.29) is 5.48 Å². The van der Waals surface area contributed by atoms with Gasteiger partial charge in [-0.05, 0) is 6.42 Å². The van der Waals surface area contributed by atoms with Crippen LogP contribution < -0.4 is 0 Å². The van der Waals surface area contributed by atoms with Crippen LogP contribution in [-0.4, -0.2) is 29.2 Å². The van der Waals surface area contributed by atoms with Crippen LogP contribution in [0.15, 0.2) is 0 Å². The molecule has 0 aliphatic rings. The highest BCUT2D eigenvalue weighted by molar-refractivity contribution is 4.10. The van der Waals surface area contributed by atoms with E-state index in [1.807, 2.05) is 6.92 Å². The lowest BCUT2D eigenvalue weighted by Crippen LogP contribution is -1.79. The molecule has 0 radical (unpaired) electrons. The molecular weight excluding hydrogens is 126 g/mol. The third-order valence-corrected chi connectivity index (χ3v) is 0.224. The van der Waals surface area contributed by atoms with E-state index in [1.54, 1.807) is 0 Å². The molecule has 58 valence electrons. The minimum absolute atomic E-state index is 0. The highest BCUT2D eigenvalue weighted by atomic mass is 16.6. The van der Waals surface area contributed by atoms with E-state index in [4.69, 9.17) is 15.2 Å². The van der Waals surface area contributed by atoms with Crippen molar-refractivity contribution in [1.29, 1.82) is 0 Å². The molecule has 0 rings (SSSR count). The molecule has 5 nitrogen and oxygen atoms in total. The van der Waals surface area contributed by atoms with Crippen molar-refractivity contribution in [3.63, 3.8) is 0 Å². The number of hydrogen-bond acceptors (Lipinski definition) is 3. The molecule has 9 heavy (non-hydrogen) atoms. The van der Waals surface area contributed by atoms with Crippen LogP contribution in [0.3, 0.4) is 0 Å². The zero-order valence-electron chi connectivity index (χ0n) is 5.63. The van der Waals surface area contributed by atoms with Crippen molar-refractivity contribution >= 4 is 0 Å². The minimum atomic E-state index is -0.500. The fourth-order valence-corrected chi connectivity index (χ4v) is 0. The van der Waals surface area contributed by atoms with Crippen molar-refractivity contribution in [2.45, 2.75) is 13.3 Å². The second-order valence-corrected chi connectivity index (χ2v) is 1.16. The number of hydrogen-bond donors (Lipinski definition) is 1. The van der Waals surface area contributed by atoms with Crippen LogP contribution in [0.4, 0.5) is 0 Å². The average molecular weight is 139 g/mol. The lowest BCUT2D eigenvalue weighted by Gasteiger charge is -1.69. The molecule has 0 amide bonds. The van der Waals surface area contributed by atoms with Crippen LogP contribution in [0.2, 0.25) is 0 Å². The molecule has 3 N–H and O–H groups in total. The number of rotatable bonds is 1. The second kappa shape index (κ2) is 15.7. The van der Waals surface area contributed by atoms with Gasteiger partial charge in [-0.25, -0.2) is 0 Å². The normalized spacial score (nSPS) is 6.11. The van der Waals surface area contributed by atoms with Crippen LogP contribution in [0.25, 0.3) is 0 Å². The molecule has 0 unspecified atom stereocenters. The van der Waals surface area contributed by atoms with Crippen LogP contribution in [-0.2, 0) is 0 Å². The average Bonchev–Trinajstić information content (AvgIpc) is 1.65. The largest absolute Gasteiger partial charge is 0.412 e. The van der Waals surface area contributed by atoms with Crippen LogP contribution in [0.1, 0.15) is 13.3 Å². The smallest absolute Gasteiger partial charge is 0.194 e. The summed E-state index contributed by atoms with van der Waals surface area (Å²) in [7, 11) is 0.889. The van der Waals surface area contributed by atoms with E-state index < -0.39 is 4.92 Å². The summed E-state index contributed by atoms with van der Waals surface area (Å²) in [6.45, 7) is 2.25. The van der Waals surface area contributed by atoms with Gasteiger partial charge in [0.05, 0.1) is 0 Å². The van der Waals surface area contributed by atoms with Crippen molar-refractivity contribution in [2.75, 3.05) is 13.7 Å². The van der Waals surface area contributed by atoms with Gasteiger partial charge in [-0.15, -0.1) is 0 Å². The van der Waals surface area contributed by atoms with Crippen molar-refractivity contribution in [3.8, 4) is 0 Å². The van der Waals surface area contributed by atoms with Gasteiger partial charge >= 0.3 is 0 Å². The highest BCUT2D eigenvalue weighted by Crippen LogP contribution is 1.61. The zero-order chi connectivity index (χ0) is 6.99. The summed E-state index contributed by atoms with van der Waals surface area (Å²) in [5.74, 6) is 0. The van der Waals surface area contributed by atoms with Gasteiger partial charge in [-0.2, -0.15) is 0 Å². The van der Waals surface area contributed by atoms with E-state index in [2.05, 4.69) is 0 Å². The van der Waals surface area contributed by atoms with Gasteiger partial charge in [0.25, 0.3) is 0 Å². The summed E-state index contributed by atoms with van der Waals surface area (Å²) >= 11 is 0. The van der Waals surface area contributed by atoms with E-state index in [1.165, 1.54) is 0 Å². The molecule has 5 heteroatoms. The monoisotopic (exact) mass is 139 g/mol. The number of aliphatic hydroxyl groups excluding tert-OH is 1. The van der Waals surface area contributed by atoms with Crippen molar-refractivity contribution < 1.29 is 15.5 Å². The van der Waals surface area contributed by atoms with Gasteiger partial charge in [-0.1, -0.05) is 6.92 Å². The van der Waals surface area contributed by atoms with Gasteiger partial charge in [0.2, 0.25) is 0 Å². The molecule has 0 saturated heterocycles. The summed E-state index contributed by atoms with van der Waals surface area (Å²) in [5, 5.41) is 16.7. The van der Waals surface area contributed by atoms with E-state index in [9.17, 15) is 0 Å². The molecule has 0 atom stereocenters.